The first kappa shape index (κ1) is 18.9. The van der Waals surface area contributed by atoms with Gasteiger partial charge in [0.1, 0.15) is 5.82 Å². The predicted octanol–water partition coefficient (Wildman–Crippen LogP) is 1.71. The Hall–Kier alpha value is -2.44. The number of likely N-dealkylation sites (tertiary alicyclic amines) is 1. The molecule has 1 fully saturated rings. The quantitative estimate of drug-likeness (QED) is 0.877. The number of benzene rings is 1. The summed E-state index contributed by atoms with van der Waals surface area (Å²) < 4.78 is 13.3. The van der Waals surface area contributed by atoms with E-state index in [1.807, 2.05) is 0 Å². The summed E-state index contributed by atoms with van der Waals surface area (Å²) >= 11 is 0. The van der Waals surface area contributed by atoms with E-state index < -0.39 is 23.6 Å². The second kappa shape index (κ2) is 8.09. The molecule has 0 aromatic heterocycles. The Bertz CT molecular complexity index is 656. The molecular formula is C18H23FN2O4. The summed E-state index contributed by atoms with van der Waals surface area (Å²) in [5.41, 5.74) is 0.562. The van der Waals surface area contributed by atoms with Gasteiger partial charge < -0.3 is 14.9 Å². The minimum absolute atomic E-state index is 0.0732. The number of rotatable bonds is 5. The van der Waals surface area contributed by atoms with Gasteiger partial charge in [-0.3, -0.25) is 14.4 Å². The Morgan fingerprint density at radius 1 is 1.32 bits per heavy atom. The largest absolute Gasteiger partial charge is 0.481 e. The highest BCUT2D eigenvalue weighted by molar-refractivity contribution is 5.88. The zero-order valence-electron chi connectivity index (χ0n) is 14.4. The lowest BCUT2D eigenvalue weighted by molar-refractivity contribution is -0.146. The number of nitrogens with zero attached hydrogens (tertiary/aromatic N) is 2. The Kier molecular flexibility index (Phi) is 6.12. The van der Waals surface area contributed by atoms with E-state index >= 15 is 0 Å². The van der Waals surface area contributed by atoms with E-state index in [2.05, 4.69) is 0 Å². The van der Waals surface area contributed by atoms with Gasteiger partial charge in [0.2, 0.25) is 11.8 Å². The first-order chi connectivity index (χ1) is 11.8. The molecule has 1 N–H and O–H groups in total. The SMILES string of the molecule is CC(C(=O)N(C)CC(=O)N1CCC(C(=O)O)CC1)c1cccc(F)c1. The summed E-state index contributed by atoms with van der Waals surface area (Å²) in [6.45, 7) is 2.38. The summed E-state index contributed by atoms with van der Waals surface area (Å²) in [7, 11) is 1.54. The van der Waals surface area contributed by atoms with Crippen molar-refractivity contribution < 1.29 is 23.9 Å². The van der Waals surface area contributed by atoms with Crippen molar-refractivity contribution in [2.45, 2.75) is 25.7 Å². The molecule has 2 rings (SSSR count). The molecule has 0 saturated carbocycles. The number of halogens is 1. The zero-order valence-corrected chi connectivity index (χ0v) is 14.4. The van der Waals surface area contributed by atoms with Crippen LogP contribution in [0, 0.1) is 11.7 Å². The van der Waals surface area contributed by atoms with E-state index in [0.717, 1.165) is 0 Å². The molecule has 25 heavy (non-hydrogen) atoms. The molecule has 1 saturated heterocycles. The molecule has 7 heteroatoms. The van der Waals surface area contributed by atoms with Gasteiger partial charge in [-0.05, 0) is 37.5 Å². The fraction of sp³-hybridized carbons (Fsp3) is 0.500. The second-order valence-electron chi connectivity index (χ2n) is 6.46. The number of likely N-dealkylation sites (N-methyl/N-ethyl adjacent to an activating group) is 1. The standard InChI is InChI=1S/C18H23FN2O4/c1-12(14-4-3-5-15(19)10-14)17(23)20(2)11-16(22)21-8-6-13(7-9-21)18(24)25/h3-5,10,12-13H,6-9,11H2,1-2H3,(H,24,25). The van der Waals surface area contributed by atoms with Gasteiger partial charge in [0, 0.05) is 20.1 Å². The molecule has 0 spiro atoms. The number of carboxylic acids is 1. The van der Waals surface area contributed by atoms with Gasteiger partial charge in [-0.25, -0.2) is 4.39 Å². The van der Waals surface area contributed by atoms with Crippen LogP contribution in [0.15, 0.2) is 24.3 Å². The molecule has 1 aliphatic rings. The first-order valence-corrected chi connectivity index (χ1v) is 8.30. The van der Waals surface area contributed by atoms with Gasteiger partial charge in [-0.2, -0.15) is 0 Å². The summed E-state index contributed by atoms with van der Waals surface area (Å²) in [5, 5.41) is 8.99. The summed E-state index contributed by atoms with van der Waals surface area (Å²) in [6.07, 6.45) is 0.858. The van der Waals surface area contributed by atoms with Gasteiger partial charge in [0.05, 0.1) is 18.4 Å². The van der Waals surface area contributed by atoms with Crippen LogP contribution >= 0.6 is 0 Å². The molecule has 1 heterocycles. The number of hydrogen-bond acceptors (Lipinski definition) is 3. The summed E-state index contributed by atoms with van der Waals surface area (Å²) in [5.74, 6) is -2.66. The number of amides is 2. The maximum Gasteiger partial charge on any atom is 0.306 e. The van der Waals surface area contributed by atoms with Crippen LogP contribution in [0.25, 0.3) is 0 Å². The highest BCUT2D eigenvalue weighted by Gasteiger charge is 2.28. The molecule has 136 valence electrons. The van der Waals surface area contributed by atoms with Crippen molar-refractivity contribution >= 4 is 17.8 Å². The van der Waals surface area contributed by atoms with E-state index in [-0.39, 0.29) is 18.4 Å². The fourth-order valence-corrected chi connectivity index (χ4v) is 3.01. The van der Waals surface area contributed by atoms with E-state index in [4.69, 9.17) is 5.11 Å². The van der Waals surface area contributed by atoms with E-state index in [9.17, 15) is 18.8 Å². The highest BCUT2D eigenvalue weighted by atomic mass is 19.1. The van der Waals surface area contributed by atoms with Gasteiger partial charge in [-0.1, -0.05) is 12.1 Å². The molecule has 6 nitrogen and oxygen atoms in total. The zero-order chi connectivity index (χ0) is 18.6. The van der Waals surface area contributed by atoms with Crippen molar-refractivity contribution in [3.8, 4) is 0 Å². The lowest BCUT2D eigenvalue weighted by Gasteiger charge is -2.32. The maximum atomic E-state index is 13.3. The van der Waals surface area contributed by atoms with Gasteiger partial charge in [0.15, 0.2) is 0 Å². The van der Waals surface area contributed by atoms with E-state index in [0.29, 0.717) is 31.5 Å². The molecule has 0 aliphatic carbocycles. The van der Waals surface area contributed by atoms with E-state index in [1.54, 1.807) is 31.0 Å². The van der Waals surface area contributed by atoms with Crippen LogP contribution in [-0.2, 0) is 14.4 Å². The molecule has 0 radical (unpaired) electrons. The highest BCUT2D eigenvalue weighted by Crippen LogP contribution is 2.20. The minimum Gasteiger partial charge on any atom is -0.481 e. The average molecular weight is 350 g/mol. The van der Waals surface area contributed by atoms with Crippen LogP contribution in [0.4, 0.5) is 4.39 Å². The minimum atomic E-state index is -0.830. The van der Waals surface area contributed by atoms with Gasteiger partial charge in [-0.15, -0.1) is 0 Å². The van der Waals surface area contributed by atoms with Gasteiger partial charge in [0.25, 0.3) is 0 Å². The third-order valence-corrected chi connectivity index (χ3v) is 4.66. The van der Waals surface area contributed by atoms with Crippen LogP contribution in [0.2, 0.25) is 0 Å². The lowest BCUT2D eigenvalue weighted by Crippen LogP contribution is -2.46. The Labute approximate surface area is 146 Å². The van der Waals surface area contributed by atoms with Crippen molar-refractivity contribution in [3.63, 3.8) is 0 Å². The number of carboxylic acid groups (broad SMARTS) is 1. The van der Waals surface area contributed by atoms with Crippen molar-refractivity contribution in [2.75, 3.05) is 26.7 Å². The molecule has 1 aliphatic heterocycles. The molecule has 0 bridgehead atoms. The third kappa shape index (κ3) is 4.78. The monoisotopic (exact) mass is 350 g/mol. The van der Waals surface area contributed by atoms with Crippen LogP contribution < -0.4 is 0 Å². The predicted molar refractivity (Wildman–Crippen MR) is 89.4 cm³/mol. The second-order valence-corrected chi connectivity index (χ2v) is 6.46. The van der Waals surface area contributed by atoms with Crippen molar-refractivity contribution in [2.24, 2.45) is 5.92 Å². The van der Waals surface area contributed by atoms with Crippen molar-refractivity contribution in [1.29, 1.82) is 0 Å². The first-order valence-electron chi connectivity index (χ1n) is 8.30. The Morgan fingerprint density at radius 3 is 2.52 bits per heavy atom. The van der Waals surface area contributed by atoms with Crippen LogP contribution in [-0.4, -0.2) is 59.4 Å². The summed E-state index contributed by atoms with van der Waals surface area (Å²) in [4.78, 5) is 38.7. The molecule has 1 aromatic carbocycles. The fourth-order valence-electron chi connectivity index (χ4n) is 3.01. The number of piperidine rings is 1. The molecular weight excluding hydrogens is 327 g/mol. The molecule has 1 aromatic rings. The maximum absolute atomic E-state index is 13.3. The van der Waals surface area contributed by atoms with Crippen molar-refractivity contribution in [1.82, 2.24) is 9.80 Å². The van der Waals surface area contributed by atoms with Crippen molar-refractivity contribution in [3.05, 3.63) is 35.6 Å². The normalized spacial score (nSPS) is 16.4. The van der Waals surface area contributed by atoms with Crippen LogP contribution in [0.1, 0.15) is 31.2 Å². The Balaban J connectivity index is 1.90. The lowest BCUT2D eigenvalue weighted by atomic mass is 9.97. The third-order valence-electron chi connectivity index (χ3n) is 4.66. The smallest absolute Gasteiger partial charge is 0.306 e. The van der Waals surface area contributed by atoms with Crippen LogP contribution in [0.3, 0.4) is 0 Å². The number of carbonyl (C=O) groups is 3. The summed E-state index contributed by atoms with van der Waals surface area (Å²) in [6, 6.07) is 5.85. The number of carbonyl (C=O) groups excluding carboxylic acids is 2. The number of aliphatic carboxylic acids is 1. The topological polar surface area (TPSA) is 77.9 Å². The van der Waals surface area contributed by atoms with Gasteiger partial charge >= 0.3 is 5.97 Å². The van der Waals surface area contributed by atoms with E-state index in [1.165, 1.54) is 17.0 Å². The molecule has 1 unspecified atom stereocenters. The molecule has 2 amide bonds. The average Bonchev–Trinajstić information content (AvgIpc) is 2.60. The number of hydrogen-bond donors (Lipinski definition) is 1. The molecule has 1 atom stereocenters. The Morgan fingerprint density at radius 2 is 1.96 bits per heavy atom. The van der Waals surface area contributed by atoms with Crippen LogP contribution in [0.5, 0.6) is 0 Å².